The van der Waals surface area contributed by atoms with Crippen LogP contribution in [0.4, 0.5) is 0 Å². The Morgan fingerprint density at radius 1 is 1.35 bits per heavy atom. The van der Waals surface area contributed by atoms with Crippen molar-refractivity contribution in [3.63, 3.8) is 0 Å². The van der Waals surface area contributed by atoms with Gasteiger partial charge in [0.15, 0.2) is 0 Å². The average Bonchev–Trinajstić information content (AvgIpc) is 2.38. The summed E-state index contributed by atoms with van der Waals surface area (Å²) in [5, 5.41) is 3.34. The van der Waals surface area contributed by atoms with Gasteiger partial charge in [0.2, 0.25) is 0 Å². The van der Waals surface area contributed by atoms with Crippen LogP contribution in [0.5, 0.6) is 0 Å². The number of nitrogens with one attached hydrogen (secondary N) is 1. The van der Waals surface area contributed by atoms with Gasteiger partial charge in [0.05, 0.1) is 0 Å². The van der Waals surface area contributed by atoms with Crippen molar-refractivity contribution in [1.29, 1.82) is 0 Å². The summed E-state index contributed by atoms with van der Waals surface area (Å²) in [5.74, 6) is 0.974. The zero-order valence-electron chi connectivity index (χ0n) is 10.6. The highest BCUT2D eigenvalue weighted by Gasteiger charge is 2.19. The van der Waals surface area contributed by atoms with Gasteiger partial charge in [-0.25, -0.2) is 0 Å². The molecule has 0 aliphatic carbocycles. The van der Waals surface area contributed by atoms with Gasteiger partial charge in [-0.05, 0) is 25.8 Å². The number of benzene rings is 1. The molecule has 1 aliphatic heterocycles. The van der Waals surface area contributed by atoms with E-state index in [-0.39, 0.29) is 6.10 Å². The van der Waals surface area contributed by atoms with Crippen molar-refractivity contribution >= 4 is 5.84 Å². The van der Waals surface area contributed by atoms with Crippen LogP contribution in [0.1, 0.15) is 30.6 Å². The molecule has 0 fully saturated rings. The third kappa shape index (κ3) is 3.07. The fourth-order valence-corrected chi connectivity index (χ4v) is 1.97. The number of rotatable bonds is 4. The van der Waals surface area contributed by atoms with Gasteiger partial charge < -0.3 is 10.1 Å². The SMILES string of the molecule is CCO[C@H](C1=NCCCN1)c1ccc(C)cc1. The zero-order valence-corrected chi connectivity index (χ0v) is 10.6. The van der Waals surface area contributed by atoms with Crippen molar-refractivity contribution in [3.05, 3.63) is 35.4 Å². The molecule has 1 atom stereocenters. The summed E-state index contributed by atoms with van der Waals surface area (Å²) < 4.78 is 5.81. The molecule has 3 nitrogen and oxygen atoms in total. The molecule has 0 aromatic heterocycles. The molecule has 2 rings (SSSR count). The van der Waals surface area contributed by atoms with Gasteiger partial charge in [0.25, 0.3) is 0 Å². The van der Waals surface area contributed by atoms with Gasteiger partial charge in [-0.1, -0.05) is 29.8 Å². The van der Waals surface area contributed by atoms with E-state index in [0.717, 1.165) is 25.3 Å². The molecule has 0 unspecified atom stereocenters. The van der Waals surface area contributed by atoms with Crippen molar-refractivity contribution < 1.29 is 4.74 Å². The molecule has 17 heavy (non-hydrogen) atoms. The van der Waals surface area contributed by atoms with Crippen LogP contribution in [0.2, 0.25) is 0 Å². The summed E-state index contributed by atoms with van der Waals surface area (Å²) >= 11 is 0. The quantitative estimate of drug-likeness (QED) is 0.865. The van der Waals surface area contributed by atoms with Crippen molar-refractivity contribution in [2.75, 3.05) is 19.7 Å². The molecule has 0 amide bonds. The molecule has 0 saturated carbocycles. The van der Waals surface area contributed by atoms with Crippen molar-refractivity contribution in [2.45, 2.75) is 26.4 Å². The van der Waals surface area contributed by atoms with E-state index >= 15 is 0 Å². The van der Waals surface area contributed by atoms with Crippen LogP contribution in [0.25, 0.3) is 0 Å². The largest absolute Gasteiger partial charge is 0.371 e. The average molecular weight is 232 g/mol. The molecular weight excluding hydrogens is 212 g/mol. The summed E-state index contributed by atoms with van der Waals surface area (Å²) in [5.41, 5.74) is 2.44. The Kier molecular flexibility index (Phi) is 4.15. The standard InChI is InChI=1S/C14H20N2O/c1-3-17-13(14-15-9-4-10-16-14)12-7-5-11(2)6-8-12/h5-8,13H,3-4,9-10H2,1-2H3,(H,15,16)/t13-/m0/s1. The minimum atomic E-state index is -0.0408. The third-order valence-corrected chi connectivity index (χ3v) is 2.88. The highest BCUT2D eigenvalue weighted by molar-refractivity contribution is 5.88. The second kappa shape index (κ2) is 5.82. The van der Waals surface area contributed by atoms with Crippen LogP contribution in [0.15, 0.2) is 29.3 Å². The minimum Gasteiger partial charge on any atom is -0.371 e. The van der Waals surface area contributed by atoms with Gasteiger partial charge in [-0.15, -0.1) is 0 Å². The maximum atomic E-state index is 5.81. The molecular formula is C14H20N2O. The number of aliphatic imine (C=N–C) groups is 1. The Morgan fingerprint density at radius 3 is 2.71 bits per heavy atom. The van der Waals surface area contributed by atoms with E-state index in [1.807, 2.05) is 6.92 Å². The number of ether oxygens (including phenoxy) is 1. The molecule has 0 saturated heterocycles. The van der Waals surface area contributed by atoms with Crippen molar-refractivity contribution in [1.82, 2.24) is 5.32 Å². The lowest BCUT2D eigenvalue weighted by atomic mass is 10.1. The second-order valence-electron chi connectivity index (χ2n) is 4.29. The number of amidine groups is 1. The summed E-state index contributed by atoms with van der Waals surface area (Å²) in [6, 6.07) is 8.47. The molecule has 92 valence electrons. The lowest BCUT2D eigenvalue weighted by molar-refractivity contribution is 0.107. The molecule has 0 radical (unpaired) electrons. The Hall–Kier alpha value is -1.35. The predicted octanol–water partition coefficient (Wildman–Crippen LogP) is 2.46. The highest BCUT2D eigenvalue weighted by atomic mass is 16.5. The number of aryl methyl sites for hydroxylation is 1. The van der Waals surface area contributed by atoms with Gasteiger partial charge in [-0.3, -0.25) is 4.99 Å². The maximum Gasteiger partial charge on any atom is 0.139 e. The lowest BCUT2D eigenvalue weighted by Crippen LogP contribution is -2.35. The van der Waals surface area contributed by atoms with Crippen LogP contribution < -0.4 is 5.32 Å². The van der Waals surface area contributed by atoms with E-state index in [4.69, 9.17) is 4.74 Å². The fourth-order valence-electron chi connectivity index (χ4n) is 1.97. The summed E-state index contributed by atoms with van der Waals surface area (Å²) in [7, 11) is 0. The van der Waals surface area contributed by atoms with Gasteiger partial charge >= 0.3 is 0 Å². The van der Waals surface area contributed by atoms with E-state index < -0.39 is 0 Å². The molecule has 0 spiro atoms. The van der Waals surface area contributed by atoms with E-state index in [0.29, 0.717) is 6.61 Å². The van der Waals surface area contributed by atoms with Gasteiger partial charge in [0.1, 0.15) is 11.9 Å². The van der Waals surface area contributed by atoms with E-state index in [1.165, 1.54) is 11.1 Å². The Morgan fingerprint density at radius 2 is 2.12 bits per heavy atom. The number of nitrogens with zero attached hydrogens (tertiary/aromatic N) is 1. The molecule has 1 N–H and O–H groups in total. The second-order valence-corrected chi connectivity index (χ2v) is 4.29. The van der Waals surface area contributed by atoms with Crippen LogP contribution in [-0.2, 0) is 4.74 Å². The van der Waals surface area contributed by atoms with E-state index in [2.05, 4.69) is 41.5 Å². The number of hydrogen-bond acceptors (Lipinski definition) is 3. The van der Waals surface area contributed by atoms with Crippen molar-refractivity contribution in [2.24, 2.45) is 4.99 Å². The van der Waals surface area contributed by atoms with Crippen LogP contribution in [0, 0.1) is 6.92 Å². The smallest absolute Gasteiger partial charge is 0.139 e. The van der Waals surface area contributed by atoms with Crippen LogP contribution in [0.3, 0.4) is 0 Å². The topological polar surface area (TPSA) is 33.6 Å². The Balaban J connectivity index is 2.21. The minimum absolute atomic E-state index is 0.0408. The Bertz CT molecular complexity index is 384. The van der Waals surface area contributed by atoms with Crippen LogP contribution >= 0.6 is 0 Å². The molecule has 1 heterocycles. The zero-order chi connectivity index (χ0) is 12.1. The molecule has 1 aromatic carbocycles. The molecule has 1 aliphatic rings. The maximum absolute atomic E-state index is 5.81. The monoisotopic (exact) mass is 232 g/mol. The lowest BCUT2D eigenvalue weighted by Gasteiger charge is -2.23. The first kappa shape index (κ1) is 12.1. The summed E-state index contributed by atoms with van der Waals surface area (Å²) in [6.45, 7) is 6.70. The summed E-state index contributed by atoms with van der Waals surface area (Å²) in [4.78, 5) is 4.53. The van der Waals surface area contributed by atoms with Crippen LogP contribution in [-0.4, -0.2) is 25.5 Å². The van der Waals surface area contributed by atoms with Gasteiger partial charge in [-0.2, -0.15) is 0 Å². The summed E-state index contributed by atoms with van der Waals surface area (Å²) in [6.07, 6.45) is 1.07. The van der Waals surface area contributed by atoms with Crippen molar-refractivity contribution in [3.8, 4) is 0 Å². The molecule has 3 heteroatoms. The highest BCUT2D eigenvalue weighted by Crippen LogP contribution is 2.20. The van der Waals surface area contributed by atoms with E-state index in [1.54, 1.807) is 0 Å². The van der Waals surface area contributed by atoms with Gasteiger partial charge in [0, 0.05) is 19.7 Å². The predicted molar refractivity (Wildman–Crippen MR) is 70.5 cm³/mol. The first-order valence-electron chi connectivity index (χ1n) is 6.27. The molecule has 1 aromatic rings. The fraction of sp³-hybridized carbons (Fsp3) is 0.500. The normalized spacial score (nSPS) is 17.2. The third-order valence-electron chi connectivity index (χ3n) is 2.88. The number of hydrogen-bond donors (Lipinski definition) is 1. The first-order valence-corrected chi connectivity index (χ1v) is 6.27. The van der Waals surface area contributed by atoms with E-state index in [9.17, 15) is 0 Å². The first-order chi connectivity index (χ1) is 8.31. The molecule has 0 bridgehead atoms. The Labute approximate surface area is 103 Å².